The van der Waals surface area contributed by atoms with E-state index >= 15 is 0 Å². The maximum absolute atomic E-state index is 10.7. The number of non-ortho nitro benzene ring substituents is 1. The first kappa shape index (κ1) is 12.3. The van der Waals surface area contributed by atoms with Crippen molar-refractivity contribution in [2.24, 2.45) is 5.41 Å². The van der Waals surface area contributed by atoms with Crippen molar-refractivity contribution in [2.75, 3.05) is 25.1 Å². The Hall–Kier alpha value is -1.14. The topological polar surface area (TPSA) is 64.4 Å². The van der Waals surface area contributed by atoms with Gasteiger partial charge in [-0.3, -0.25) is 10.1 Å². The molecule has 0 aromatic heterocycles. The van der Waals surface area contributed by atoms with Crippen LogP contribution in [0.4, 0.5) is 11.4 Å². The summed E-state index contributed by atoms with van der Waals surface area (Å²) in [7, 11) is 0. The Morgan fingerprint density at radius 1 is 1.59 bits per heavy atom. The number of anilines is 1. The Morgan fingerprint density at radius 3 is 2.82 bits per heavy atom. The maximum atomic E-state index is 10.7. The number of rotatable bonds is 4. The molecule has 0 spiro atoms. The van der Waals surface area contributed by atoms with E-state index in [9.17, 15) is 10.1 Å². The molecule has 1 aliphatic heterocycles. The fourth-order valence-electron chi connectivity index (χ4n) is 1.62. The van der Waals surface area contributed by atoms with Crippen LogP contribution in [0, 0.1) is 15.5 Å². The summed E-state index contributed by atoms with van der Waals surface area (Å²) >= 11 is 3.37. The zero-order chi connectivity index (χ0) is 12.5. The molecule has 0 unspecified atom stereocenters. The molecule has 0 aliphatic carbocycles. The number of ether oxygens (including phenoxy) is 1. The Bertz CT molecular complexity index is 446. The van der Waals surface area contributed by atoms with E-state index in [2.05, 4.69) is 28.2 Å². The van der Waals surface area contributed by atoms with Crippen molar-refractivity contribution in [3.05, 3.63) is 32.8 Å². The van der Waals surface area contributed by atoms with E-state index < -0.39 is 4.92 Å². The summed E-state index contributed by atoms with van der Waals surface area (Å²) in [6, 6.07) is 4.69. The molecule has 0 atom stereocenters. The highest BCUT2D eigenvalue weighted by molar-refractivity contribution is 9.10. The van der Waals surface area contributed by atoms with Crippen molar-refractivity contribution in [3.63, 3.8) is 0 Å². The number of hydrogen-bond acceptors (Lipinski definition) is 4. The molecule has 1 aliphatic rings. The zero-order valence-corrected chi connectivity index (χ0v) is 11.0. The van der Waals surface area contributed by atoms with Gasteiger partial charge >= 0.3 is 0 Å². The first-order valence-corrected chi connectivity index (χ1v) is 6.05. The Morgan fingerprint density at radius 2 is 2.29 bits per heavy atom. The van der Waals surface area contributed by atoms with Crippen LogP contribution in [0.5, 0.6) is 0 Å². The molecule has 1 fully saturated rings. The minimum atomic E-state index is -0.397. The van der Waals surface area contributed by atoms with E-state index in [1.165, 1.54) is 12.1 Å². The Labute approximate surface area is 107 Å². The van der Waals surface area contributed by atoms with Crippen molar-refractivity contribution in [1.29, 1.82) is 0 Å². The highest BCUT2D eigenvalue weighted by atomic mass is 79.9. The first-order chi connectivity index (χ1) is 8.00. The minimum Gasteiger partial charge on any atom is -0.383 e. The summed E-state index contributed by atoms with van der Waals surface area (Å²) in [5.74, 6) is 0. The molecule has 1 saturated heterocycles. The second kappa shape index (κ2) is 4.62. The van der Waals surface area contributed by atoms with Crippen LogP contribution in [0.15, 0.2) is 22.7 Å². The second-order valence-corrected chi connectivity index (χ2v) is 5.43. The molecule has 0 bridgehead atoms. The lowest BCUT2D eigenvalue weighted by molar-refractivity contribution is -0.384. The van der Waals surface area contributed by atoms with Gasteiger partial charge in [0.1, 0.15) is 0 Å². The molecule has 0 radical (unpaired) electrons. The van der Waals surface area contributed by atoms with Crippen LogP contribution in [0.3, 0.4) is 0 Å². The summed E-state index contributed by atoms with van der Waals surface area (Å²) in [4.78, 5) is 10.3. The van der Waals surface area contributed by atoms with Crippen molar-refractivity contribution < 1.29 is 9.66 Å². The quantitative estimate of drug-likeness (QED) is 0.686. The van der Waals surface area contributed by atoms with Gasteiger partial charge in [0, 0.05) is 28.6 Å². The third kappa shape index (κ3) is 2.76. The van der Waals surface area contributed by atoms with Crippen molar-refractivity contribution in [2.45, 2.75) is 6.92 Å². The van der Waals surface area contributed by atoms with Crippen LogP contribution in [0.25, 0.3) is 0 Å². The summed E-state index contributed by atoms with van der Waals surface area (Å²) in [6.45, 7) is 4.32. The van der Waals surface area contributed by atoms with Crippen molar-refractivity contribution >= 4 is 27.3 Å². The second-order valence-electron chi connectivity index (χ2n) is 4.58. The fourth-order valence-corrected chi connectivity index (χ4v) is 2.01. The van der Waals surface area contributed by atoms with E-state index in [4.69, 9.17) is 4.74 Å². The van der Waals surface area contributed by atoms with Crippen molar-refractivity contribution in [1.82, 2.24) is 0 Å². The van der Waals surface area contributed by atoms with Gasteiger partial charge in [0.15, 0.2) is 0 Å². The van der Waals surface area contributed by atoms with Gasteiger partial charge in [-0.1, -0.05) is 6.92 Å². The molecule has 92 valence electrons. The van der Waals surface area contributed by atoms with Gasteiger partial charge in [-0.25, -0.2) is 0 Å². The maximum Gasteiger partial charge on any atom is 0.271 e. The molecular formula is C11H13BrN2O3. The largest absolute Gasteiger partial charge is 0.383 e. The van der Waals surface area contributed by atoms with Gasteiger partial charge in [0.2, 0.25) is 0 Å². The molecule has 1 N–H and O–H groups in total. The number of halogens is 1. The Kier molecular flexibility index (Phi) is 3.35. The monoisotopic (exact) mass is 300 g/mol. The lowest BCUT2D eigenvalue weighted by Gasteiger charge is -2.38. The normalized spacial score (nSPS) is 17.3. The summed E-state index contributed by atoms with van der Waals surface area (Å²) < 4.78 is 5.98. The molecule has 0 saturated carbocycles. The third-order valence-corrected chi connectivity index (χ3v) is 3.46. The fraction of sp³-hybridized carbons (Fsp3) is 0.455. The van der Waals surface area contributed by atoms with Gasteiger partial charge in [0.25, 0.3) is 5.69 Å². The molecule has 5 nitrogen and oxygen atoms in total. The van der Waals surface area contributed by atoms with Gasteiger partial charge in [0.05, 0.1) is 23.8 Å². The average Bonchev–Trinajstić information content (AvgIpc) is 2.25. The predicted molar refractivity (Wildman–Crippen MR) is 68.2 cm³/mol. The lowest BCUT2D eigenvalue weighted by atomic mass is 9.89. The third-order valence-electron chi connectivity index (χ3n) is 2.77. The summed E-state index contributed by atoms with van der Waals surface area (Å²) in [5.41, 5.74) is 0.961. The number of benzene rings is 1. The SMILES string of the molecule is CC1(CNc2cc([N+](=O)[O-])ccc2Br)COC1. The van der Waals surface area contributed by atoms with Gasteiger partial charge in [-0.05, 0) is 22.0 Å². The highest BCUT2D eigenvalue weighted by Crippen LogP contribution is 2.31. The van der Waals surface area contributed by atoms with Gasteiger partial charge in [-0.2, -0.15) is 0 Å². The van der Waals surface area contributed by atoms with Crippen LogP contribution < -0.4 is 5.32 Å². The smallest absolute Gasteiger partial charge is 0.271 e. The predicted octanol–water partition coefficient (Wildman–Crippen LogP) is 2.81. The molecule has 6 heteroatoms. The van der Waals surface area contributed by atoms with Crippen LogP contribution in [-0.4, -0.2) is 24.7 Å². The van der Waals surface area contributed by atoms with E-state index in [1.54, 1.807) is 6.07 Å². The molecule has 0 amide bonds. The van der Waals surface area contributed by atoms with Crippen LogP contribution in [0.1, 0.15) is 6.92 Å². The van der Waals surface area contributed by atoms with E-state index in [0.29, 0.717) is 0 Å². The molecule has 2 rings (SSSR count). The first-order valence-electron chi connectivity index (χ1n) is 5.26. The van der Waals surface area contributed by atoms with E-state index in [1.807, 2.05) is 0 Å². The van der Waals surface area contributed by atoms with Crippen molar-refractivity contribution in [3.8, 4) is 0 Å². The highest BCUT2D eigenvalue weighted by Gasteiger charge is 2.33. The van der Waals surface area contributed by atoms with E-state index in [-0.39, 0.29) is 11.1 Å². The molecule has 1 aromatic carbocycles. The molecule has 1 heterocycles. The van der Waals surface area contributed by atoms with Crippen LogP contribution in [-0.2, 0) is 4.74 Å². The summed E-state index contributed by atoms with van der Waals surface area (Å²) in [6.07, 6.45) is 0. The number of nitrogens with one attached hydrogen (secondary N) is 1. The molecular weight excluding hydrogens is 288 g/mol. The molecule has 17 heavy (non-hydrogen) atoms. The van der Waals surface area contributed by atoms with E-state index in [0.717, 1.165) is 29.9 Å². The number of nitrogens with zero attached hydrogens (tertiary/aromatic N) is 1. The summed E-state index contributed by atoms with van der Waals surface area (Å²) in [5, 5.41) is 13.9. The van der Waals surface area contributed by atoms with Gasteiger partial charge < -0.3 is 10.1 Å². The average molecular weight is 301 g/mol. The lowest BCUT2D eigenvalue weighted by Crippen LogP contribution is -2.45. The van der Waals surface area contributed by atoms with Crippen LogP contribution >= 0.6 is 15.9 Å². The van der Waals surface area contributed by atoms with Crippen LogP contribution in [0.2, 0.25) is 0 Å². The molecule has 1 aromatic rings. The number of nitro benzene ring substituents is 1. The zero-order valence-electron chi connectivity index (χ0n) is 9.40. The van der Waals surface area contributed by atoms with Gasteiger partial charge in [-0.15, -0.1) is 0 Å². The standard InChI is InChI=1S/C11H13BrN2O3/c1-11(6-17-7-11)5-13-10-4-8(14(15)16)2-3-9(10)12/h2-4,13H,5-7H2,1H3. The number of nitro groups is 1. The number of hydrogen-bond donors (Lipinski definition) is 1. The minimum absolute atomic E-state index is 0.0886. The Balaban J connectivity index is 2.08.